The average molecular weight is 366 g/mol. The van der Waals surface area contributed by atoms with Gasteiger partial charge in [-0.15, -0.1) is 0 Å². The van der Waals surface area contributed by atoms with E-state index in [1.54, 1.807) is 12.3 Å². The smallest absolute Gasteiger partial charge is 0.256 e. The van der Waals surface area contributed by atoms with Gasteiger partial charge in [0.05, 0.1) is 10.6 Å². The van der Waals surface area contributed by atoms with Gasteiger partial charge >= 0.3 is 0 Å². The number of carbonyl (C=O) groups is 1. The number of nitrogens with zero attached hydrogens (tertiary/aromatic N) is 2. The summed E-state index contributed by atoms with van der Waals surface area (Å²) in [5.41, 5.74) is 1.62. The quantitative estimate of drug-likeness (QED) is 0.809. The molecule has 1 aliphatic carbocycles. The molecule has 1 heterocycles. The molecule has 1 aromatic heterocycles. The Hall–Kier alpha value is -1.39. The lowest BCUT2D eigenvalue weighted by Gasteiger charge is -2.23. The fourth-order valence-corrected chi connectivity index (χ4v) is 2.88. The Bertz CT molecular complexity index is 673. The normalized spacial score (nSPS) is 14.0. The summed E-state index contributed by atoms with van der Waals surface area (Å²) in [6.45, 7) is 0.587. The molecule has 0 N–H and O–H groups in total. The highest BCUT2D eigenvalue weighted by molar-refractivity contribution is 9.10. The summed E-state index contributed by atoms with van der Waals surface area (Å²) >= 11 is 9.64. The molecule has 108 valence electrons. The minimum atomic E-state index is -0.0272. The molecule has 0 bridgehead atoms. The standard InChI is InChI=1S/C16H14BrClN2O/c17-14-4-2-1-3-11(14)10-20(12-5-6-12)16(21)13-7-8-19-9-15(13)18/h1-4,7-9,12H,5-6,10H2. The summed E-state index contributed by atoms with van der Waals surface area (Å²) in [5.74, 6) is -0.0272. The molecule has 0 radical (unpaired) electrons. The van der Waals surface area contributed by atoms with E-state index in [9.17, 15) is 4.79 Å². The third-order valence-corrected chi connectivity index (χ3v) is 4.62. The lowest BCUT2D eigenvalue weighted by Crippen LogP contribution is -2.33. The van der Waals surface area contributed by atoms with Crippen LogP contribution in [0.1, 0.15) is 28.8 Å². The minimum absolute atomic E-state index is 0.0272. The van der Waals surface area contributed by atoms with E-state index in [1.807, 2.05) is 29.2 Å². The zero-order valence-electron chi connectivity index (χ0n) is 11.3. The van der Waals surface area contributed by atoms with Crippen molar-refractivity contribution >= 4 is 33.4 Å². The van der Waals surface area contributed by atoms with Crippen LogP contribution < -0.4 is 0 Å². The predicted molar refractivity (Wildman–Crippen MR) is 86.3 cm³/mol. The third kappa shape index (κ3) is 3.27. The number of benzene rings is 1. The number of pyridine rings is 1. The number of hydrogen-bond acceptors (Lipinski definition) is 2. The molecule has 1 aromatic carbocycles. The highest BCUT2D eigenvalue weighted by Crippen LogP contribution is 2.32. The van der Waals surface area contributed by atoms with Gasteiger partial charge < -0.3 is 4.90 Å². The maximum absolute atomic E-state index is 12.8. The van der Waals surface area contributed by atoms with E-state index in [0.717, 1.165) is 22.9 Å². The predicted octanol–water partition coefficient (Wildman–Crippen LogP) is 4.30. The lowest BCUT2D eigenvalue weighted by atomic mass is 10.1. The van der Waals surface area contributed by atoms with Crippen molar-refractivity contribution in [3.8, 4) is 0 Å². The van der Waals surface area contributed by atoms with E-state index in [0.29, 0.717) is 23.2 Å². The van der Waals surface area contributed by atoms with Gasteiger partial charge in [-0.1, -0.05) is 45.7 Å². The molecule has 21 heavy (non-hydrogen) atoms. The Labute approximate surface area is 137 Å². The molecule has 0 saturated heterocycles. The number of hydrogen-bond donors (Lipinski definition) is 0. The summed E-state index contributed by atoms with van der Waals surface area (Å²) in [6.07, 6.45) is 5.22. The molecule has 2 aromatic rings. The second kappa shape index (κ2) is 6.16. The third-order valence-electron chi connectivity index (χ3n) is 3.55. The SMILES string of the molecule is O=C(c1ccncc1Cl)N(Cc1ccccc1Br)C1CC1. The summed E-state index contributed by atoms with van der Waals surface area (Å²) in [6, 6.07) is 9.96. The van der Waals surface area contributed by atoms with Crippen LogP contribution in [0.25, 0.3) is 0 Å². The van der Waals surface area contributed by atoms with Crippen LogP contribution in [0.15, 0.2) is 47.2 Å². The van der Waals surface area contributed by atoms with Crippen molar-refractivity contribution in [3.05, 3.63) is 63.3 Å². The van der Waals surface area contributed by atoms with Gasteiger partial charge in [-0.05, 0) is 30.5 Å². The molecule has 0 spiro atoms. The Kier molecular flexibility index (Phi) is 4.27. The first-order valence-corrected chi connectivity index (χ1v) is 7.98. The van der Waals surface area contributed by atoms with Crippen LogP contribution in [0.4, 0.5) is 0 Å². The Morgan fingerprint density at radius 3 is 2.76 bits per heavy atom. The number of rotatable bonds is 4. The van der Waals surface area contributed by atoms with Crippen molar-refractivity contribution in [2.24, 2.45) is 0 Å². The second-order valence-electron chi connectivity index (χ2n) is 5.11. The largest absolute Gasteiger partial charge is 0.331 e. The molecule has 0 atom stereocenters. The van der Waals surface area contributed by atoms with Crippen LogP contribution in [0, 0.1) is 0 Å². The van der Waals surface area contributed by atoms with Gasteiger partial charge in [0.2, 0.25) is 0 Å². The number of carbonyl (C=O) groups excluding carboxylic acids is 1. The summed E-state index contributed by atoms with van der Waals surface area (Å²) < 4.78 is 1.02. The van der Waals surface area contributed by atoms with Crippen LogP contribution in [-0.4, -0.2) is 21.8 Å². The number of halogens is 2. The van der Waals surface area contributed by atoms with Gasteiger partial charge in [0.15, 0.2) is 0 Å². The fraction of sp³-hybridized carbons (Fsp3) is 0.250. The molecule has 3 nitrogen and oxygen atoms in total. The molecule has 1 fully saturated rings. The van der Waals surface area contributed by atoms with E-state index in [2.05, 4.69) is 20.9 Å². The highest BCUT2D eigenvalue weighted by Gasteiger charge is 2.34. The van der Waals surface area contributed by atoms with E-state index < -0.39 is 0 Å². The molecule has 0 aliphatic heterocycles. The van der Waals surface area contributed by atoms with Crippen LogP contribution >= 0.6 is 27.5 Å². The maximum Gasteiger partial charge on any atom is 0.256 e. The van der Waals surface area contributed by atoms with Gasteiger partial charge in [0.25, 0.3) is 5.91 Å². The second-order valence-corrected chi connectivity index (χ2v) is 6.37. The Morgan fingerprint density at radius 2 is 2.10 bits per heavy atom. The van der Waals surface area contributed by atoms with Crippen LogP contribution in [0.3, 0.4) is 0 Å². The Morgan fingerprint density at radius 1 is 1.33 bits per heavy atom. The highest BCUT2D eigenvalue weighted by atomic mass is 79.9. The summed E-state index contributed by atoms with van der Waals surface area (Å²) in [7, 11) is 0. The van der Waals surface area contributed by atoms with Crippen LogP contribution in [0.5, 0.6) is 0 Å². The van der Waals surface area contributed by atoms with Crippen molar-refractivity contribution in [1.29, 1.82) is 0 Å². The Balaban J connectivity index is 1.87. The van der Waals surface area contributed by atoms with Gasteiger partial charge in [0, 0.05) is 29.5 Å². The zero-order chi connectivity index (χ0) is 14.8. The molecule has 1 amide bonds. The van der Waals surface area contributed by atoms with Crippen molar-refractivity contribution in [3.63, 3.8) is 0 Å². The van der Waals surface area contributed by atoms with Crippen LogP contribution in [0.2, 0.25) is 5.02 Å². The summed E-state index contributed by atoms with van der Waals surface area (Å²) in [5, 5.41) is 0.403. The number of amides is 1. The maximum atomic E-state index is 12.8. The van der Waals surface area contributed by atoms with Gasteiger partial charge in [-0.2, -0.15) is 0 Å². The van der Waals surface area contributed by atoms with Crippen molar-refractivity contribution in [2.75, 3.05) is 0 Å². The first-order chi connectivity index (χ1) is 10.2. The zero-order valence-corrected chi connectivity index (χ0v) is 13.6. The molecule has 1 aliphatic rings. The first kappa shape index (κ1) is 14.5. The van der Waals surface area contributed by atoms with E-state index >= 15 is 0 Å². The number of aromatic nitrogens is 1. The monoisotopic (exact) mass is 364 g/mol. The molecule has 3 rings (SSSR count). The van der Waals surface area contributed by atoms with Crippen molar-refractivity contribution < 1.29 is 4.79 Å². The molecule has 1 saturated carbocycles. The van der Waals surface area contributed by atoms with Gasteiger partial charge in [0.1, 0.15) is 0 Å². The van der Waals surface area contributed by atoms with E-state index in [1.165, 1.54) is 6.20 Å². The first-order valence-electron chi connectivity index (χ1n) is 6.80. The lowest BCUT2D eigenvalue weighted by molar-refractivity contribution is 0.0729. The van der Waals surface area contributed by atoms with Crippen molar-refractivity contribution in [2.45, 2.75) is 25.4 Å². The van der Waals surface area contributed by atoms with Crippen LogP contribution in [-0.2, 0) is 6.54 Å². The minimum Gasteiger partial charge on any atom is -0.331 e. The van der Waals surface area contributed by atoms with E-state index in [-0.39, 0.29) is 5.91 Å². The molecule has 0 unspecified atom stereocenters. The topological polar surface area (TPSA) is 33.2 Å². The average Bonchev–Trinajstić information content (AvgIpc) is 3.31. The van der Waals surface area contributed by atoms with Gasteiger partial charge in [-0.3, -0.25) is 9.78 Å². The van der Waals surface area contributed by atoms with Gasteiger partial charge in [-0.25, -0.2) is 0 Å². The molecular weight excluding hydrogens is 352 g/mol. The molecular formula is C16H14BrClN2O. The fourth-order valence-electron chi connectivity index (χ4n) is 2.27. The van der Waals surface area contributed by atoms with E-state index in [4.69, 9.17) is 11.6 Å². The summed E-state index contributed by atoms with van der Waals surface area (Å²) in [4.78, 5) is 18.6. The van der Waals surface area contributed by atoms with Crippen molar-refractivity contribution in [1.82, 2.24) is 9.88 Å². The molecule has 5 heteroatoms.